The first-order valence-electron chi connectivity index (χ1n) is 7.46. The summed E-state index contributed by atoms with van der Waals surface area (Å²) in [5.41, 5.74) is 0. The number of alkyl halides is 1. The molecule has 3 heteroatoms. The van der Waals surface area contributed by atoms with Crippen molar-refractivity contribution in [3.05, 3.63) is 91.0 Å². The molecule has 0 aromatic heterocycles. The molecule has 0 N–H and O–H groups in total. The van der Waals surface area contributed by atoms with Crippen molar-refractivity contribution in [1.29, 1.82) is 0 Å². The normalized spacial score (nSPS) is 12.3. The Kier molecular flexibility index (Phi) is 6.64. The van der Waals surface area contributed by atoms with E-state index in [1.54, 1.807) is 0 Å². The first-order chi connectivity index (χ1) is 10.8. The quantitative estimate of drug-likeness (QED) is 0.322. The molecule has 3 aromatic carbocycles. The van der Waals surface area contributed by atoms with Crippen LogP contribution in [0.25, 0.3) is 0 Å². The highest BCUT2D eigenvalue weighted by molar-refractivity contribution is 14.1. The zero-order valence-corrected chi connectivity index (χ0v) is 16.7. The van der Waals surface area contributed by atoms with Crippen molar-refractivity contribution < 1.29 is 12.4 Å². The van der Waals surface area contributed by atoms with E-state index in [1.807, 2.05) is 0 Å². The van der Waals surface area contributed by atoms with E-state index in [0.29, 0.717) is 3.67 Å². The molecule has 0 heterocycles. The minimum absolute atomic E-state index is 0. The van der Waals surface area contributed by atoms with Gasteiger partial charge in [0.15, 0.2) is 0 Å². The molecule has 0 saturated heterocycles. The molecule has 0 bridgehead atoms. The van der Waals surface area contributed by atoms with Gasteiger partial charge in [-0.1, -0.05) is 54.6 Å². The van der Waals surface area contributed by atoms with E-state index in [2.05, 4.69) is 121 Å². The standard InChI is InChI=1S/C20H19IP.ClH/c1-17(21)22(18-11-5-2-6-12-18,19-13-7-3-8-14-19)20-15-9-4-10-16-20;/h2-17H,1H3;1H/q+1;/p-1. The summed E-state index contributed by atoms with van der Waals surface area (Å²) in [6, 6.07) is 33.0. The van der Waals surface area contributed by atoms with Crippen LogP contribution in [0.4, 0.5) is 0 Å². The van der Waals surface area contributed by atoms with Gasteiger partial charge >= 0.3 is 0 Å². The highest BCUT2D eigenvalue weighted by Crippen LogP contribution is 2.61. The summed E-state index contributed by atoms with van der Waals surface area (Å²) in [6.07, 6.45) is 0. The molecule has 3 rings (SSSR count). The van der Waals surface area contributed by atoms with E-state index < -0.39 is 7.26 Å². The largest absolute Gasteiger partial charge is 1.00 e. The molecule has 0 nitrogen and oxygen atoms in total. The number of halogens is 2. The van der Waals surface area contributed by atoms with Crippen molar-refractivity contribution in [2.24, 2.45) is 0 Å². The lowest BCUT2D eigenvalue weighted by Gasteiger charge is -2.30. The van der Waals surface area contributed by atoms with Crippen LogP contribution in [0.2, 0.25) is 0 Å². The molecular weight excluding hydrogens is 434 g/mol. The molecule has 118 valence electrons. The van der Waals surface area contributed by atoms with Gasteiger partial charge in [0.25, 0.3) is 0 Å². The van der Waals surface area contributed by atoms with E-state index in [9.17, 15) is 0 Å². The molecule has 0 aliphatic heterocycles. The van der Waals surface area contributed by atoms with Gasteiger partial charge in [-0.05, 0) is 65.9 Å². The SMILES string of the molecule is CC(I)[P+](c1ccccc1)(c1ccccc1)c1ccccc1.[Cl-]. The van der Waals surface area contributed by atoms with Gasteiger partial charge in [0, 0.05) is 0 Å². The Hall–Kier alpha value is -0.890. The van der Waals surface area contributed by atoms with E-state index in [-0.39, 0.29) is 12.4 Å². The van der Waals surface area contributed by atoms with Crippen molar-refractivity contribution >= 4 is 45.8 Å². The van der Waals surface area contributed by atoms with Crippen LogP contribution < -0.4 is 28.3 Å². The van der Waals surface area contributed by atoms with Crippen LogP contribution in [0.15, 0.2) is 91.0 Å². The minimum Gasteiger partial charge on any atom is -1.00 e. The van der Waals surface area contributed by atoms with Gasteiger partial charge in [-0.15, -0.1) is 0 Å². The second-order valence-electron chi connectivity index (χ2n) is 5.30. The maximum atomic E-state index is 2.62. The second kappa shape index (κ2) is 8.28. The number of benzene rings is 3. The van der Waals surface area contributed by atoms with Crippen LogP contribution in [-0.2, 0) is 0 Å². The van der Waals surface area contributed by atoms with Crippen LogP contribution in [0.5, 0.6) is 0 Å². The van der Waals surface area contributed by atoms with Gasteiger partial charge in [-0.3, -0.25) is 0 Å². The summed E-state index contributed by atoms with van der Waals surface area (Å²) < 4.78 is 0.525. The van der Waals surface area contributed by atoms with Gasteiger partial charge in [-0.2, -0.15) is 0 Å². The molecule has 0 fully saturated rings. The molecule has 1 unspecified atom stereocenters. The monoisotopic (exact) mass is 452 g/mol. The second-order valence-corrected chi connectivity index (χ2v) is 11.9. The minimum atomic E-state index is -1.64. The lowest BCUT2D eigenvalue weighted by atomic mass is 10.4. The molecule has 0 radical (unpaired) electrons. The molecule has 0 aliphatic rings. The Balaban J connectivity index is 0.00000192. The van der Waals surface area contributed by atoms with Crippen LogP contribution in [0.1, 0.15) is 6.92 Å². The molecule has 23 heavy (non-hydrogen) atoms. The van der Waals surface area contributed by atoms with E-state index in [4.69, 9.17) is 0 Å². The maximum Gasteiger partial charge on any atom is 0.131 e. The third-order valence-corrected chi connectivity index (χ3v) is 10.9. The van der Waals surface area contributed by atoms with Crippen LogP contribution >= 0.6 is 29.9 Å². The van der Waals surface area contributed by atoms with Crippen LogP contribution in [0, 0.1) is 0 Å². The third-order valence-electron chi connectivity index (χ3n) is 4.02. The van der Waals surface area contributed by atoms with Crippen molar-refractivity contribution in [1.82, 2.24) is 0 Å². The van der Waals surface area contributed by atoms with E-state index >= 15 is 0 Å². The molecule has 1 atom stereocenters. The topological polar surface area (TPSA) is 0 Å². The van der Waals surface area contributed by atoms with Gasteiger partial charge in [-0.25, -0.2) is 0 Å². The highest BCUT2D eigenvalue weighted by Gasteiger charge is 2.49. The van der Waals surface area contributed by atoms with Crippen molar-refractivity contribution in [3.8, 4) is 0 Å². The summed E-state index contributed by atoms with van der Waals surface area (Å²) in [5, 5.41) is 4.36. The fraction of sp³-hybridized carbons (Fsp3) is 0.100. The zero-order chi connectivity index (χ0) is 15.4. The van der Waals surface area contributed by atoms with Gasteiger partial charge in [0.05, 0.1) is 0 Å². The number of rotatable bonds is 4. The Morgan fingerprint density at radius 2 is 0.870 bits per heavy atom. The van der Waals surface area contributed by atoms with Crippen molar-refractivity contribution in [2.45, 2.75) is 10.6 Å². The smallest absolute Gasteiger partial charge is 0.131 e. The molecule has 0 amide bonds. The predicted octanol–water partition coefficient (Wildman–Crippen LogP) is 1.77. The van der Waals surface area contributed by atoms with Crippen LogP contribution in [0.3, 0.4) is 0 Å². The molecule has 0 aliphatic carbocycles. The Bertz CT molecular complexity index is 618. The van der Waals surface area contributed by atoms with E-state index in [0.717, 1.165) is 0 Å². The first-order valence-corrected chi connectivity index (χ1v) is 10.6. The summed E-state index contributed by atoms with van der Waals surface area (Å²) in [5.74, 6) is 0. The highest BCUT2D eigenvalue weighted by atomic mass is 127. The van der Waals surface area contributed by atoms with Gasteiger partial charge in [0.1, 0.15) is 26.8 Å². The summed E-state index contributed by atoms with van der Waals surface area (Å²) >= 11 is 2.62. The Morgan fingerprint density at radius 3 is 1.09 bits per heavy atom. The molecule has 3 aromatic rings. The summed E-state index contributed by atoms with van der Waals surface area (Å²) in [6.45, 7) is 2.35. The third kappa shape index (κ3) is 3.47. The van der Waals surface area contributed by atoms with Crippen molar-refractivity contribution in [2.75, 3.05) is 0 Å². The Morgan fingerprint density at radius 1 is 0.609 bits per heavy atom. The summed E-state index contributed by atoms with van der Waals surface area (Å²) in [7, 11) is -1.64. The fourth-order valence-corrected chi connectivity index (χ4v) is 10.0. The van der Waals surface area contributed by atoms with Crippen LogP contribution in [-0.4, -0.2) is 3.67 Å². The average molecular weight is 453 g/mol. The molecule has 0 saturated carbocycles. The number of hydrogen-bond donors (Lipinski definition) is 0. The predicted molar refractivity (Wildman–Crippen MR) is 109 cm³/mol. The average Bonchev–Trinajstić information content (AvgIpc) is 2.58. The summed E-state index contributed by atoms with van der Waals surface area (Å²) in [4.78, 5) is 0. The lowest BCUT2D eigenvalue weighted by molar-refractivity contribution is -0.00000414. The van der Waals surface area contributed by atoms with Gasteiger partial charge < -0.3 is 12.4 Å². The fourth-order valence-electron chi connectivity index (χ4n) is 3.05. The number of hydrogen-bond acceptors (Lipinski definition) is 0. The maximum absolute atomic E-state index is 2.62. The first kappa shape index (κ1) is 18.4. The van der Waals surface area contributed by atoms with Crippen molar-refractivity contribution in [3.63, 3.8) is 0 Å². The lowest BCUT2D eigenvalue weighted by Crippen LogP contribution is -3.00. The zero-order valence-electron chi connectivity index (χ0n) is 12.9. The molecule has 0 spiro atoms. The van der Waals surface area contributed by atoms with Gasteiger partial charge in [0.2, 0.25) is 0 Å². The molecular formula is C20H19ClIP. The van der Waals surface area contributed by atoms with E-state index in [1.165, 1.54) is 15.9 Å². The Labute approximate surface area is 159 Å².